The second kappa shape index (κ2) is 11.6. The van der Waals surface area contributed by atoms with Gasteiger partial charge in [0.05, 0.1) is 37.1 Å². The van der Waals surface area contributed by atoms with Gasteiger partial charge in [-0.05, 0) is 54.9 Å². The lowest BCUT2D eigenvalue weighted by molar-refractivity contribution is -0.193. The van der Waals surface area contributed by atoms with Gasteiger partial charge in [-0.15, -0.1) is 0 Å². The summed E-state index contributed by atoms with van der Waals surface area (Å²) in [4.78, 5) is 14.0. The molecule has 1 N–H and O–H groups in total. The van der Waals surface area contributed by atoms with Crippen molar-refractivity contribution in [1.82, 2.24) is 5.32 Å². The van der Waals surface area contributed by atoms with Gasteiger partial charge in [-0.3, -0.25) is 4.79 Å². The molecule has 40 heavy (non-hydrogen) atoms. The van der Waals surface area contributed by atoms with Gasteiger partial charge in [-0.25, -0.2) is 22.6 Å². The predicted octanol–water partition coefficient (Wildman–Crippen LogP) is 5.81. The molecule has 12 heteroatoms. The van der Waals surface area contributed by atoms with Crippen LogP contribution in [0.3, 0.4) is 0 Å². The van der Waals surface area contributed by atoms with Crippen LogP contribution in [0.5, 0.6) is 0 Å². The number of amides is 1. The van der Waals surface area contributed by atoms with Crippen molar-refractivity contribution in [2.24, 2.45) is 5.10 Å². The van der Waals surface area contributed by atoms with E-state index in [-0.39, 0.29) is 47.7 Å². The quantitative estimate of drug-likeness (QED) is 0.356. The zero-order chi connectivity index (χ0) is 29.2. The Kier molecular flexibility index (Phi) is 8.57. The molecule has 2 aliphatic rings. The summed E-state index contributed by atoms with van der Waals surface area (Å²) in [6, 6.07) is 8.54. The molecule has 3 aromatic rings. The van der Waals surface area contributed by atoms with Gasteiger partial charge < -0.3 is 19.2 Å². The van der Waals surface area contributed by atoms with Crippen LogP contribution in [-0.4, -0.2) is 49.6 Å². The Morgan fingerprint density at radius 3 is 2.25 bits per heavy atom. The Bertz CT molecular complexity index is 1420. The van der Waals surface area contributed by atoms with Crippen molar-refractivity contribution in [3.8, 4) is 0 Å². The molecule has 5 rings (SSSR count). The fourth-order valence-electron chi connectivity index (χ4n) is 4.69. The van der Waals surface area contributed by atoms with E-state index in [1.165, 1.54) is 26.2 Å². The minimum absolute atomic E-state index is 0.0157. The molecule has 3 heterocycles. The molecule has 1 aromatic heterocycles. The first-order chi connectivity index (χ1) is 19.1. The number of benzene rings is 2. The third-order valence-corrected chi connectivity index (χ3v) is 7.10. The van der Waals surface area contributed by atoms with Crippen molar-refractivity contribution in [2.45, 2.75) is 37.8 Å². The molecule has 2 atom stereocenters. The SMILES string of the molecule is CC.COC1(CNC(=O)C2(C)C(c3ccc(Cl)o3)C(c3ccc(F)cc3F)=NN2c2ccc(F)cc2F)COC1. The first kappa shape index (κ1) is 29.6. The number of nitrogens with one attached hydrogen (secondary N) is 1. The van der Waals surface area contributed by atoms with Crippen LogP contribution >= 0.6 is 11.6 Å². The van der Waals surface area contributed by atoms with E-state index in [1.54, 1.807) is 0 Å². The molecule has 1 saturated heterocycles. The second-order valence-corrected chi connectivity index (χ2v) is 9.67. The maximum absolute atomic E-state index is 15.1. The number of carbonyl (C=O) groups excluding carboxylic acids is 1. The van der Waals surface area contributed by atoms with Crippen LogP contribution in [0.1, 0.15) is 38.0 Å². The molecular formula is C28H28ClF4N3O4. The van der Waals surface area contributed by atoms with E-state index in [1.807, 2.05) is 13.8 Å². The summed E-state index contributed by atoms with van der Waals surface area (Å²) in [6.45, 7) is 6.00. The highest BCUT2D eigenvalue weighted by atomic mass is 35.5. The van der Waals surface area contributed by atoms with E-state index < -0.39 is 46.2 Å². The van der Waals surface area contributed by atoms with Crippen LogP contribution in [0.15, 0.2) is 58.0 Å². The summed E-state index contributed by atoms with van der Waals surface area (Å²) in [5, 5.41) is 8.30. The Hall–Kier alpha value is -3.41. The predicted molar refractivity (Wildman–Crippen MR) is 142 cm³/mol. The van der Waals surface area contributed by atoms with Gasteiger partial charge in [0.1, 0.15) is 28.8 Å². The van der Waals surface area contributed by atoms with Crippen LogP contribution in [0.2, 0.25) is 5.22 Å². The number of methoxy groups -OCH3 is 1. The number of hydrogen-bond acceptors (Lipinski definition) is 6. The summed E-state index contributed by atoms with van der Waals surface area (Å²) in [5.74, 6) is -5.32. The van der Waals surface area contributed by atoms with Crippen molar-refractivity contribution >= 4 is 28.9 Å². The van der Waals surface area contributed by atoms with E-state index in [9.17, 15) is 13.6 Å². The molecule has 214 valence electrons. The highest BCUT2D eigenvalue weighted by Crippen LogP contribution is 2.46. The molecule has 1 amide bonds. The molecule has 2 aliphatic heterocycles. The number of nitrogens with zero attached hydrogens (tertiary/aromatic N) is 2. The van der Waals surface area contributed by atoms with Crippen LogP contribution < -0.4 is 10.3 Å². The highest BCUT2D eigenvalue weighted by Gasteiger charge is 2.57. The largest absolute Gasteiger partial charge is 0.449 e. The third-order valence-electron chi connectivity index (χ3n) is 6.90. The van der Waals surface area contributed by atoms with Gasteiger partial charge in [-0.1, -0.05) is 13.8 Å². The first-order valence-electron chi connectivity index (χ1n) is 12.5. The van der Waals surface area contributed by atoms with E-state index in [0.717, 1.165) is 29.3 Å². The Morgan fingerprint density at radius 1 is 1.07 bits per heavy atom. The molecule has 2 unspecified atom stereocenters. The maximum atomic E-state index is 15.1. The van der Waals surface area contributed by atoms with E-state index in [4.69, 9.17) is 25.5 Å². The van der Waals surface area contributed by atoms with Crippen molar-refractivity contribution < 1.29 is 36.2 Å². The minimum Gasteiger partial charge on any atom is -0.449 e. The summed E-state index contributed by atoms with van der Waals surface area (Å²) < 4.78 is 74.1. The number of furan rings is 1. The monoisotopic (exact) mass is 581 g/mol. The number of hydrogen-bond donors (Lipinski definition) is 1. The highest BCUT2D eigenvalue weighted by molar-refractivity contribution is 6.28. The van der Waals surface area contributed by atoms with Crippen LogP contribution in [-0.2, 0) is 14.3 Å². The molecule has 0 spiro atoms. The standard InChI is InChI=1S/C26H22ClF4N3O4.C2H6/c1-25(24(35)32-11-26(36-2)12-37-13-26)22(20-7-8-21(27)38-20)23(16-5-3-14(28)9-17(16)30)33-34(25)19-6-4-15(29)10-18(19)31;1-2/h3-10,22H,11-13H2,1-2H3,(H,32,35);1-2H3. The Balaban J connectivity index is 0.00000181. The van der Waals surface area contributed by atoms with Crippen LogP contribution in [0.4, 0.5) is 23.2 Å². The maximum Gasteiger partial charge on any atom is 0.249 e. The van der Waals surface area contributed by atoms with Gasteiger partial charge in [0.25, 0.3) is 0 Å². The van der Waals surface area contributed by atoms with Crippen molar-refractivity contribution in [2.75, 3.05) is 31.9 Å². The van der Waals surface area contributed by atoms with Crippen molar-refractivity contribution in [3.05, 3.63) is 88.3 Å². The zero-order valence-electron chi connectivity index (χ0n) is 22.2. The lowest BCUT2D eigenvalue weighted by Crippen LogP contribution is -2.63. The summed E-state index contributed by atoms with van der Waals surface area (Å²) in [7, 11) is 1.48. The minimum atomic E-state index is -1.80. The fraction of sp³-hybridized carbons (Fsp3) is 0.357. The molecule has 0 radical (unpaired) electrons. The Morgan fingerprint density at radius 2 is 1.73 bits per heavy atom. The molecular weight excluding hydrogens is 554 g/mol. The van der Waals surface area contributed by atoms with E-state index >= 15 is 8.78 Å². The summed E-state index contributed by atoms with van der Waals surface area (Å²) in [6.07, 6.45) is 0. The number of carbonyl (C=O) groups is 1. The van der Waals surface area contributed by atoms with Crippen LogP contribution in [0, 0.1) is 23.3 Å². The average Bonchev–Trinajstić information content (AvgIpc) is 3.45. The number of hydrazone groups is 1. The average molecular weight is 582 g/mol. The third kappa shape index (κ3) is 5.21. The topological polar surface area (TPSA) is 76.3 Å². The van der Waals surface area contributed by atoms with Gasteiger partial charge in [-0.2, -0.15) is 5.10 Å². The summed E-state index contributed by atoms with van der Waals surface area (Å²) >= 11 is 6.04. The van der Waals surface area contributed by atoms with Gasteiger partial charge in [0.2, 0.25) is 5.91 Å². The molecule has 1 fully saturated rings. The fourth-order valence-corrected chi connectivity index (χ4v) is 4.84. The zero-order valence-corrected chi connectivity index (χ0v) is 23.0. The van der Waals surface area contributed by atoms with E-state index in [0.29, 0.717) is 12.1 Å². The number of anilines is 1. The first-order valence-corrected chi connectivity index (χ1v) is 12.9. The number of halogens is 5. The normalized spacial score (nSPS) is 21.3. The molecule has 0 bridgehead atoms. The second-order valence-electron chi connectivity index (χ2n) is 9.30. The van der Waals surface area contributed by atoms with Crippen molar-refractivity contribution in [3.63, 3.8) is 0 Å². The lowest BCUT2D eigenvalue weighted by Gasteiger charge is -2.42. The van der Waals surface area contributed by atoms with Gasteiger partial charge >= 0.3 is 0 Å². The number of ether oxygens (including phenoxy) is 2. The molecule has 2 aromatic carbocycles. The van der Waals surface area contributed by atoms with Crippen LogP contribution in [0.25, 0.3) is 0 Å². The molecule has 0 saturated carbocycles. The number of rotatable bonds is 7. The van der Waals surface area contributed by atoms with Crippen molar-refractivity contribution in [1.29, 1.82) is 0 Å². The lowest BCUT2D eigenvalue weighted by atomic mass is 9.78. The van der Waals surface area contributed by atoms with E-state index in [2.05, 4.69) is 10.4 Å². The summed E-state index contributed by atoms with van der Waals surface area (Å²) in [5.41, 5.74) is -3.00. The molecule has 0 aliphatic carbocycles. The molecule has 7 nitrogen and oxygen atoms in total. The van der Waals surface area contributed by atoms with Gasteiger partial charge in [0.15, 0.2) is 16.6 Å². The smallest absolute Gasteiger partial charge is 0.249 e. The van der Waals surface area contributed by atoms with Gasteiger partial charge in [0, 0.05) is 24.8 Å². The Labute approximate surface area is 233 Å².